The van der Waals surface area contributed by atoms with Crippen molar-refractivity contribution in [3.05, 3.63) is 52.2 Å². The Balaban J connectivity index is 1.63. The van der Waals surface area contributed by atoms with Gasteiger partial charge in [0.25, 0.3) is 0 Å². The predicted octanol–water partition coefficient (Wildman–Crippen LogP) is 4.53. The summed E-state index contributed by atoms with van der Waals surface area (Å²) >= 11 is 1.74. The Labute approximate surface area is 144 Å². The maximum Gasteiger partial charge on any atom is 0.387 e. The summed E-state index contributed by atoms with van der Waals surface area (Å²) in [5.41, 5.74) is 1.08. The molecule has 130 valence electrons. The van der Waals surface area contributed by atoms with Gasteiger partial charge in [0.15, 0.2) is 0 Å². The maximum atomic E-state index is 12.2. The van der Waals surface area contributed by atoms with Gasteiger partial charge in [-0.2, -0.15) is 8.78 Å². The molecule has 6 heteroatoms. The molecule has 1 aromatic heterocycles. The van der Waals surface area contributed by atoms with Gasteiger partial charge in [-0.05, 0) is 42.0 Å². The van der Waals surface area contributed by atoms with Crippen molar-refractivity contribution in [1.29, 1.82) is 0 Å². The van der Waals surface area contributed by atoms with Gasteiger partial charge in [0.1, 0.15) is 5.75 Å². The summed E-state index contributed by atoms with van der Waals surface area (Å²) in [5, 5.41) is 2.08. The first-order valence-electron chi connectivity index (χ1n) is 8.09. The van der Waals surface area contributed by atoms with E-state index in [4.69, 9.17) is 4.74 Å². The molecular weight excluding hydrogens is 332 g/mol. The zero-order valence-corrected chi connectivity index (χ0v) is 14.2. The standard InChI is InChI=1S/C18H21F2NO2S/c19-18(20)23-15-7-5-14(6-8-15)11-21(12-16-3-1-9-22-16)13-17-4-2-10-24-17/h2,4-8,10,16,18H,1,3,9,11-13H2. The molecule has 2 aromatic rings. The van der Waals surface area contributed by atoms with Crippen LogP contribution in [0.3, 0.4) is 0 Å². The van der Waals surface area contributed by atoms with Crippen LogP contribution in [0.25, 0.3) is 0 Å². The fourth-order valence-corrected chi connectivity index (χ4v) is 3.66. The molecule has 1 saturated heterocycles. The first kappa shape index (κ1) is 17.3. The van der Waals surface area contributed by atoms with E-state index >= 15 is 0 Å². The van der Waals surface area contributed by atoms with E-state index in [-0.39, 0.29) is 11.9 Å². The van der Waals surface area contributed by atoms with E-state index in [2.05, 4.69) is 27.1 Å². The molecule has 0 spiro atoms. The minimum absolute atomic E-state index is 0.192. The number of benzene rings is 1. The maximum absolute atomic E-state index is 12.2. The SMILES string of the molecule is FC(F)Oc1ccc(CN(Cc2cccs2)CC2CCCO2)cc1. The van der Waals surface area contributed by atoms with Crippen molar-refractivity contribution >= 4 is 11.3 Å². The molecule has 0 amide bonds. The molecule has 3 nitrogen and oxygen atoms in total. The van der Waals surface area contributed by atoms with Gasteiger partial charge in [-0.15, -0.1) is 11.3 Å². The minimum atomic E-state index is -2.79. The fraction of sp³-hybridized carbons (Fsp3) is 0.444. The van der Waals surface area contributed by atoms with E-state index in [1.807, 2.05) is 12.1 Å². The number of nitrogens with zero attached hydrogens (tertiary/aromatic N) is 1. The van der Waals surface area contributed by atoms with Crippen LogP contribution in [0.4, 0.5) is 8.78 Å². The monoisotopic (exact) mass is 353 g/mol. The number of ether oxygens (including phenoxy) is 2. The second-order valence-corrected chi connectivity index (χ2v) is 6.94. The molecule has 0 saturated carbocycles. The Morgan fingerprint density at radius 3 is 2.67 bits per heavy atom. The van der Waals surface area contributed by atoms with Gasteiger partial charge in [-0.3, -0.25) is 4.90 Å². The van der Waals surface area contributed by atoms with Crippen LogP contribution in [0.15, 0.2) is 41.8 Å². The molecule has 0 aliphatic carbocycles. The number of alkyl halides is 2. The van der Waals surface area contributed by atoms with Crippen molar-refractivity contribution in [3.63, 3.8) is 0 Å². The van der Waals surface area contributed by atoms with E-state index in [1.165, 1.54) is 4.88 Å². The van der Waals surface area contributed by atoms with Crippen LogP contribution in [0.1, 0.15) is 23.3 Å². The van der Waals surface area contributed by atoms with Gasteiger partial charge in [0.2, 0.25) is 0 Å². The highest BCUT2D eigenvalue weighted by Crippen LogP contribution is 2.21. The van der Waals surface area contributed by atoms with E-state index in [0.29, 0.717) is 0 Å². The van der Waals surface area contributed by atoms with E-state index in [0.717, 1.165) is 44.6 Å². The van der Waals surface area contributed by atoms with Crippen LogP contribution in [-0.4, -0.2) is 30.8 Å². The quantitative estimate of drug-likeness (QED) is 0.696. The lowest BCUT2D eigenvalue weighted by Gasteiger charge is -2.25. The highest BCUT2D eigenvalue weighted by molar-refractivity contribution is 7.09. The van der Waals surface area contributed by atoms with Gasteiger partial charge in [-0.25, -0.2) is 0 Å². The first-order chi connectivity index (χ1) is 11.7. The Morgan fingerprint density at radius 1 is 1.21 bits per heavy atom. The van der Waals surface area contributed by atoms with E-state index in [9.17, 15) is 8.78 Å². The summed E-state index contributed by atoms with van der Waals surface area (Å²) < 4.78 is 34.6. The third-order valence-electron chi connectivity index (χ3n) is 4.00. The molecule has 1 aromatic carbocycles. The molecule has 1 aliphatic rings. The van der Waals surface area contributed by atoms with Crippen molar-refractivity contribution in [2.75, 3.05) is 13.2 Å². The molecule has 0 N–H and O–H groups in total. The molecule has 0 bridgehead atoms. The lowest BCUT2D eigenvalue weighted by molar-refractivity contribution is -0.0498. The molecule has 1 aliphatic heterocycles. The Morgan fingerprint density at radius 2 is 2.04 bits per heavy atom. The largest absolute Gasteiger partial charge is 0.435 e. The number of thiophene rings is 1. The van der Waals surface area contributed by atoms with Crippen LogP contribution in [0.5, 0.6) is 5.75 Å². The second-order valence-electron chi connectivity index (χ2n) is 5.91. The fourth-order valence-electron chi connectivity index (χ4n) is 2.92. The molecule has 24 heavy (non-hydrogen) atoms. The smallest absolute Gasteiger partial charge is 0.387 e. The lowest BCUT2D eigenvalue weighted by Crippen LogP contribution is -2.31. The number of halogens is 2. The third-order valence-corrected chi connectivity index (χ3v) is 4.86. The van der Waals surface area contributed by atoms with Crippen molar-refractivity contribution in [3.8, 4) is 5.75 Å². The summed E-state index contributed by atoms with van der Waals surface area (Å²) in [6.45, 7) is 0.565. The summed E-state index contributed by atoms with van der Waals surface area (Å²) in [6, 6.07) is 11.1. The zero-order valence-electron chi connectivity index (χ0n) is 13.4. The molecule has 2 heterocycles. The normalized spacial score (nSPS) is 17.8. The van der Waals surface area contributed by atoms with Crippen molar-refractivity contribution in [2.45, 2.75) is 38.6 Å². The average Bonchev–Trinajstić information content (AvgIpc) is 3.22. The van der Waals surface area contributed by atoms with Crippen LogP contribution >= 0.6 is 11.3 Å². The van der Waals surface area contributed by atoms with Crippen molar-refractivity contribution < 1.29 is 18.3 Å². The Bertz CT molecular complexity index is 598. The Kier molecular flexibility index (Phi) is 6.18. The average molecular weight is 353 g/mol. The van der Waals surface area contributed by atoms with Crippen LogP contribution in [0, 0.1) is 0 Å². The van der Waals surface area contributed by atoms with Gasteiger partial charge in [-0.1, -0.05) is 18.2 Å². The number of rotatable bonds is 8. The topological polar surface area (TPSA) is 21.7 Å². The van der Waals surface area contributed by atoms with E-state index < -0.39 is 6.61 Å². The van der Waals surface area contributed by atoms with Crippen molar-refractivity contribution in [1.82, 2.24) is 4.90 Å². The molecule has 1 fully saturated rings. The third kappa shape index (κ3) is 5.26. The summed E-state index contributed by atoms with van der Waals surface area (Å²) in [5.74, 6) is 0.192. The van der Waals surface area contributed by atoms with Crippen molar-refractivity contribution in [2.24, 2.45) is 0 Å². The summed E-state index contributed by atoms with van der Waals surface area (Å²) in [4.78, 5) is 3.66. The first-order valence-corrected chi connectivity index (χ1v) is 8.97. The molecular formula is C18H21F2NO2S. The van der Waals surface area contributed by atoms with Gasteiger partial charge >= 0.3 is 6.61 Å². The highest BCUT2D eigenvalue weighted by Gasteiger charge is 2.20. The van der Waals surface area contributed by atoms with E-state index in [1.54, 1.807) is 23.5 Å². The number of hydrogen-bond acceptors (Lipinski definition) is 4. The predicted molar refractivity (Wildman–Crippen MR) is 90.5 cm³/mol. The molecule has 1 atom stereocenters. The van der Waals surface area contributed by atoms with Gasteiger partial charge in [0, 0.05) is 31.1 Å². The molecule has 3 rings (SSSR count). The summed E-state index contributed by atoms with van der Waals surface area (Å²) in [6.07, 6.45) is 2.51. The second kappa shape index (κ2) is 8.55. The zero-order chi connectivity index (χ0) is 16.8. The molecule has 0 radical (unpaired) electrons. The molecule has 1 unspecified atom stereocenters. The lowest BCUT2D eigenvalue weighted by atomic mass is 10.1. The van der Waals surface area contributed by atoms with Crippen LogP contribution in [-0.2, 0) is 17.8 Å². The minimum Gasteiger partial charge on any atom is -0.435 e. The van der Waals surface area contributed by atoms with Gasteiger partial charge < -0.3 is 9.47 Å². The summed E-state index contributed by atoms with van der Waals surface area (Å²) in [7, 11) is 0. The Hall–Kier alpha value is -1.50. The van der Waals surface area contributed by atoms with Crippen LogP contribution in [0.2, 0.25) is 0 Å². The highest BCUT2D eigenvalue weighted by atomic mass is 32.1. The number of hydrogen-bond donors (Lipinski definition) is 0. The van der Waals surface area contributed by atoms with Gasteiger partial charge in [0.05, 0.1) is 6.10 Å². The van der Waals surface area contributed by atoms with Crippen LogP contribution < -0.4 is 4.74 Å².